The van der Waals surface area contributed by atoms with Gasteiger partial charge in [-0.3, -0.25) is 4.79 Å². The highest BCUT2D eigenvalue weighted by Crippen LogP contribution is 2.64. The van der Waals surface area contributed by atoms with Crippen molar-refractivity contribution in [1.82, 2.24) is 29.2 Å². The van der Waals surface area contributed by atoms with Gasteiger partial charge in [0.05, 0.1) is 5.69 Å². The lowest BCUT2D eigenvalue weighted by molar-refractivity contribution is -0.0102. The van der Waals surface area contributed by atoms with E-state index in [1.54, 1.807) is 17.9 Å². The van der Waals surface area contributed by atoms with Crippen molar-refractivity contribution in [3.63, 3.8) is 0 Å². The van der Waals surface area contributed by atoms with E-state index in [1.807, 2.05) is 31.2 Å². The summed E-state index contributed by atoms with van der Waals surface area (Å²) in [6.07, 6.45) is 4.42. The number of aromatic nitrogens is 5. The van der Waals surface area contributed by atoms with E-state index in [0.29, 0.717) is 28.5 Å². The molecule has 196 valence electrons. The Balaban J connectivity index is 1.21. The molecule has 0 amide bonds. The predicted octanol–water partition coefficient (Wildman–Crippen LogP) is 2.55. The van der Waals surface area contributed by atoms with Gasteiger partial charge in [-0.1, -0.05) is 6.07 Å². The van der Waals surface area contributed by atoms with Crippen LogP contribution in [0.1, 0.15) is 31.0 Å². The summed E-state index contributed by atoms with van der Waals surface area (Å²) in [6, 6.07) is 12.2. The molecular formula is C28H32N8O2. The van der Waals surface area contributed by atoms with E-state index in [1.165, 1.54) is 10.4 Å². The van der Waals surface area contributed by atoms with Crippen molar-refractivity contribution < 1.29 is 5.11 Å². The maximum atomic E-state index is 13.0. The SMILES string of the molecule is CN1CCN(c2ccc(Nc3ncc4c(=O)n(C)n(-c5ccc6c(n5)C(C)(O)C5(CC5)C6)c4n3)cc2)CC1. The van der Waals surface area contributed by atoms with E-state index in [9.17, 15) is 9.90 Å². The molecule has 1 atom stereocenters. The van der Waals surface area contributed by atoms with Gasteiger partial charge < -0.3 is 20.2 Å². The minimum Gasteiger partial charge on any atom is -0.383 e. The van der Waals surface area contributed by atoms with Crippen LogP contribution in [-0.4, -0.2) is 67.5 Å². The van der Waals surface area contributed by atoms with Gasteiger partial charge >= 0.3 is 0 Å². The predicted molar refractivity (Wildman–Crippen MR) is 146 cm³/mol. The van der Waals surface area contributed by atoms with Crippen LogP contribution in [-0.2, 0) is 19.1 Å². The molecule has 1 saturated heterocycles. The Morgan fingerprint density at radius 3 is 2.42 bits per heavy atom. The number of hydrogen-bond donors (Lipinski definition) is 2. The highest BCUT2D eigenvalue weighted by molar-refractivity contribution is 5.77. The molecule has 3 aromatic heterocycles. The van der Waals surface area contributed by atoms with E-state index in [2.05, 4.69) is 39.3 Å². The van der Waals surface area contributed by atoms with Crippen molar-refractivity contribution in [2.24, 2.45) is 12.5 Å². The van der Waals surface area contributed by atoms with Gasteiger partial charge in [-0.05, 0) is 69.1 Å². The van der Waals surface area contributed by atoms with Crippen LogP contribution >= 0.6 is 0 Å². The van der Waals surface area contributed by atoms with Crippen molar-refractivity contribution >= 4 is 28.4 Å². The molecule has 3 aliphatic rings. The quantitative estimate of drug-likeness (QED) is 0.430. The topological polar surface area (TPSA) is 104 Å². The summed E-state index contributed by atoms with van der Waals surface area (Å²) < 4.78 is 3.20. The number of piperazine rings is 1. The summed E-state index contributed by atoms with van der Waals surface area (Å²) >= 11 is 0. The molecule has 4 heterocycles. The first-order valence-electron chi connectivity index (χ1n) is 13.2. The van der Waals surface area contributed by atoms with E-state index in [-0.39, 0.29) is 11.0 Å². The number of fused-ring (bicyclic) bond motifs is 2. The zero-order valence-corrected chi connectivity index (χ0v) is 22.0. The number of aliphatic hydroxyl groups is 1. The number of nitrogens with zero attached hydrogens (tertiary/aromatic N) is 7. The van der Waals surface area contributed by atoms with Gasteiger partial charge in [-0.25, -0.2) is 19.3 Å². The Morgan fingerprint density at radius 1 is 0.974 bits per heavy atom. The molecular weight excluding hydrogens is 480 g/mol. The monoisotopic (exact) mass is 512 g/mol. The molecule has 2 N–H and O–H groups in total. The molecule has 7 rings (SSSR count). The highest BCUT2D eigenvalue weighted by atomic mass is 16.3. The average molecular weight is 513 g/mol. The molecule has 10 nitrogen and oxygen atoms in total. The second-order valence-electron chi connectivity index (χ2n) is 11.2. The Hall–Kier alpha value is -3.76. The average Bonchev–Trinajstić information content (AvgIpc) is 3.62. The number of rotatable bonds is 4. The lowest BCUT2D eigenvalue weighted by Crippen LogP contribution is -2.44. The molecule has 2 fully saturated rings. The first-order chi connectivity index (χ1) is 18.3. The smallest absolute Gasteiger partial charge is 0.277 e. The van der Waals surface area contributed by atoms with Gasteiger partial charge in [0, 0.05) is 56.2 Å². The van der Waals surface area contributed by atoms with E-state index >= 15 is 0 Å². The Bertz CT molecular complexity index is 1610. The number of nitrogens with one attached hydrogen (secondary N) is 1. The van der Waals surface area contributed by atoms with Gasteiger partial charge in [0.2, 0.25) is 5.95 Å². The molecule has 1 saturated carbocycles. The van der Waals surface area contributed by atoms with Gasteiger partial charge in [-0.2, -0.15) is 4.98 Å². The standard InChI is InChI=1S/C28H32N8O2/c1-27(38)23-18(16-28(27)10-11-28)4-9-22(31-23)36-24-21(25(37)34(36)3)17-29-26(32-24)30-19-5-7-20(8-6-19)35-14-12-33(2)13-15-35/h4-9,17,38H,10-16H2,1-3H3,(H,29,30,32). The first-order valence-corrected chi connectivity index (χ1v) is 13.2. The molecule has 38 heavy (non-hydrogen) atoms. The number of pyridine rings is 1. The summed E-state index contributed by atoms with van der Waals surface area (Å²) in [5.41, 5.74) is 3.05. The second-order valence-corrected chi connectivity index (χ2v) is 11.2. The van der Waals surface area contributed by atoms with E-state index in [4.69, 9.17) is 9.97 Å². The van der Waals surface area contributed by atoms with Crippen LogP contribution in [0.3, 0.4) is 0 Å². The van der Waals surface area contributed by atoms with E-state index < -0.39 is 5.60 Å². The summed E-state index contributed by atoms with van der Waals surface area (Å²) in [5, 5.41) is 15.0. The second kappa shape index (κ2) is 8.12. The Labute approximate surface area is 220 Å². The number of likely N-dealkylation sites (N-methyl/N-ethyl adjacent to an activating group) is 1. The van der Waals surface area contributed by atoms with Crippen molar-refractivity contribution in [2.45, 2.75) is 31.8 Å². The minimum atomic E-state index is -0.974. The van der Waals surface area contributed by atoms with Crippen LogP contribution in [0.5, 0.6) is 0 Å². The summed E-state index contributed by atoms with van der Waals surface area (Å²) in [7, 11) is 3.85. The molecule has 2 aliphatic carbocycles. The number of anilines is 3. The molecule has 1 aromatic carbocycles. The third-order valence-corrected chi connectivity index (χ3v) is 8.84. The van der Waals surface area contributed by atoms with Gasteiger partial charge in [0.25, 0.3) is 5.56 Å². The molecule has 1 spiro atoms. The van der Waals surface area contributed by atoms with Crippen LogP contribution in [0.15, 0.2) is 47.4 Å². The fourth-order valence-electron chi connectivity index (χ4n) is 6.13. The number of benzene rings is 1. The van der Waals surface area contributed by atoms with Crippen LogP contribution < -0.4 is 15.8 Å². The Kier molecular flexibility index (Phi) is 4.99. The third kappa shape index (κ3) is 3.47. The largest absolute Gasteiger partial charge is 0.383 e. The van der Waals surface area contributed by atoms with Gasteiger partial charge in [-0.15, -0.1) is 0 Å². The fourth-order valence-corrected chi connectivity index (χ4v) is 6.13. The molecule has 4 aromatic rings. The van der Waals surface area contributed by atoms with Crippen LogP contribution in [0, 0.1) is 5.41 Å². The fraction of sp³-hybridized carbons (Fsp3) is 0.429. The molecule has 1 unspecified atom stereocenters. The maximum Gasteiger partial charge on any atom is 0.277 e. The number of hydrogen-bond acceptors (Lipinski definition) is 8. The maximum absolute atomic E-state index is 13.0. The lowest BCUT2D eigenvalue weighted by Gasteiger charge is -2.34. The highest BCUT2D eigenvalue weighted by Gasteiger charge is 2.62. The zero-order valence-electron chi connectivity index (χ0n) is 22.0. The Morgan fingerprint density at radius 2 is 1.71 bits per heavy atom. The summed E-state index contributed by atoms with van der Waals surface area (Å²) in [5.74, 6) is 0.951. The van der Waals surface area contributed by atoms with E-state index in [0.717, 1.165) is 56.7 Å². The normalized spacial score (nSPS) is 22.3. The van der Waals surface area contributed by atoms with Crippen LogP contribution in [0.2, 0.25) is 0 Å². The minimum absolute atomic E-state index is 0.0925. The third-order valence-electron chi connectivity index (χ3n) is 8.84. The van der Waals surface area contributed by atoms with Crippen molar-refractivity contribution in [3.8, 4) is 5.82 Å². The van der Waals surface area contributed by atoms with Crippen LogP contribution in [0.4, 0.5) is 17.3 Å². The molecule has 0 bridgehead atoms. The van der Waals surface area contributed by atoms with Gasteiger partial charge in [0.1, 0.15) is 11.0 Å². The molecule has 1 aliphatic heterocycles. The summed E-state index contributed by atoms with van der Waals surface area (Å²) in [4.78, 5) is 31.8. The molecule has 0 radical (unpaired) electrons. The van der Waals surface area contributed by atoms with Crippen molar-refractivity contribution in [3.05, 3.63) is 64.2 Å². The van der Waals surface area contributed by atoms with Crippen LogP contribution in [0.25, 0.3) is 16.9 Å². The van der Waals surface area contributed by atoms with Gasteiger partial charge in [0.15, 0.2) is 11.5 Å². The molecule has 10 heteroatoms. The first kappa shape index (κ1) is 23.4. The summed E-state index contributed by atoms with van der Waals surface area (Å²) in [6.45, 7) is 6.02. The van der Waals surface area contributed by atoms with Crippen molar-refractivity contribution in [2.75, 3.05) is 43.4 Å². The lowest BCUT2D eigenvalue weighted by atomic mass is 9.88. The zero-order chi connectivity index (χ0) is 26.2. The van der Waals surface area contributed by atoms with Crippen molar-refractivity contribution in [1.29, 1.82) is 0 Å².